The molecular formula is C21H20N2O4S. The monoisotopic (exact) mass is 396 g/mol. The summed E-state index contributed by atoms with van der Waals surface area (Å²) in [5, 5.41) is 2.95. The number of nitrogens with one attached hydrogen (secondary N) is 1. The molecule has 2 aromatic carbocycles. The molecule has 0 aromatic heterocycles. The molecule has 2 aromatic rings. The maximum Gasteiger partial charge on any atom is 0.256 e. The molecule has 1 N–H and O–H groups in total. The molecule has 3 aliphatic heterocycles. The standard InChI is InChI=1S/C21H20N2O4S/c24-19-15-3-1-2-4-17(15)28-18-6-5-14(13-16(18)22-19)20(25)23-9-7-21(8-10-23)26-11-12-27-21/h1-6,13H,7-12H2,(H,22,24). The lowest BCUT2D eigenvalue weighted by atomic mass is 10.0. The van der Waals surface area contributed by atoms with Crippen LogP contribution in [0.2, 0.25) is 0 Å². The van der Waals surface area contributed by atoms with Gasteiger partial charge >= 0.3 is 0 Å². The van der Waals surface area contributed by atoms with Crippen molar-refractivity contribution < 1.29 is 19.1 Å². The summed E-state index contributed by atoms with van der Waals surface area (Å²) in [5.41, 5.74) is 1.90. The zero-order chi connectivity index (χ0) is 19.1. The first-order valence-electron chi connectivity index (χ1n) is 9.43. The van der Waals surface area contributed by atoms with Crippen LogP contribution >= 0.6 is 11.8 Å². The van der Waals surface area contributed by atoms with Crippen molar-refractivity contribution in [2.75, 3.05) is 31.6 Å². The molecule has 2 amide bonds. The van der Waals surface area contributed by atoms with Gasteiger partial charge in [-0.1, -0.05) is 23.9 Å². The Bertz CT molecular complexity index is 945. The summed E-state index contributed by atoms with van der Waals surface area (Å²) in [6, 6.07) is 13.0. The van der Waals surface area contributed by atoms with Crippen LogP contribution in [-0.4, -0.2) is 48.8 Å². The van der Waals surface area contributed by atoms with Crippen LogP contribution in [0, 0.1) is 0 Å². The number of rotatable bonds is 1. The molecule has 0 unspecified atom stereocenters. The second-order valence-corrected chi connectivity index (χ2v) is 8.25. The fourth-order valence-corrected chi connectivity index (χ4v) is 4.93. The summed E-state index contributed by atoms with van der Waals surface area (Å²) in [6.07, 6.45) is 1.37. The van der Waals surface area contributed by atoms with Crippen molar-refractivity contribution in [1.29, 1.82) is 0 Å². The van der Waals surface area contributed by atoms with Crippen LogP contribution in [0.1, 0.15) is 33.6 Å². The van der Waals surface area contributed by atoms with Crippen molar-refractivity contribution in [2.45, 2.75) is 28.4 Å². The highest BCUT2D eigenvalue weighted by atomic mass is 32.2. The van der Waals surface area contributed by atoms with Crippen molar-refractivity contribution in [2.24, 2.45) is 0 Å². The average molecular weight is 396 g/mol. The highest BCUT2D eigenvalue weighted by molar-refractivity contribution is 7.99. The second kappa shape index (κ2) is 6.92. The molecule has 1 spiro atoms. The van der Waals surface area contributed by atoms with Gasteiger partial charge in [0.05, 0.1) is 24.5 Å². The SMILES string of the molecule is O=C1Nc2cc(C(=O)N3CCC4(CC3)OCCO4)ccc2Sc2ccccc21. The summed E-state index contributed by atoms with van der Waals surface area (Å²) in [7, 11) is 0. The summed E-state index contributed by atoms with van der Waals surface area (Å²) in [6.45, 7) is 2.45. The number of amides is 2. The van der Waals surface area contributed by atoms with Gasteiger partial charge in [-0.15, -0.1) is 0 Å². The Hall–Kier alpha value is -2.35. The van der Waals surface area contributed by atoms with Crippen molar-refractivity contribution in [1.82, 2.24) is 4.90 Å². The van der Waals surface area contributed by atoms with Crippen molar-refractivity contribution in [3.05, 3.63) is 53.6 Å². The van der Waals surface area contributed by atoms with Crippen LogP contribution < -0.4 is 5.32 Å². The number of carbonyl (C=O) groups is 2. The molecule has 2 fully saturated rings. The van der Waals surface area contributed by atoms with E-state index in [1.165, 1.54) is 11.8 Å². The van der Waals surface area contributed by atoms with Crippen LogP contribution in [-0.2, 0) is 9.47 Å². The minimum atomic E-state index is -0.499. The molecule has 3 heterocycles. The fourth-order valence-electron chi connectivity index (χ4n) is 3.92. The maximum atomic E-state index is 13.0. The van der Waals surface area contributed by atoms with Crippen LogP contribution in [0.4, 0.5) is 5.69 Å². The number of carbonyl (C=O) groups excluding carboxylic acids is 2. The zero-order valence-electron chi connectivity index (χ0n) is 15.3. The number of ether oxygens (including phenoxy) is 2. The van der Waals surface area contributed by atoms with Gasteiger partial charge in [0, 0.05) is 41.3 Å². The van der Waals surface area contributed by atoms with E-state index in [4.69, 9.17) is 9.47 Å². The second-order valence-electron chi connectivity index (χ2n) is 7.16. The van der Waals surface area contributed by atoms with E-state index in [-0.39, 0.29) is 11.8 Å². The quantitative estimate of drug-likeness (QED) is 0.800. The van der Waals surface area contributed by atoms with E-state index < -0.39 is 5.79 Å². The van der Waals surface area contributed by atoms with Gasteiger partial charge in [-0.05, 0) is 30.3 Å². The number of piperidine rings is 1. The Kier molecular flexibility index (Phi) is 4.38. The van der Waals surface area contributed by atoms with E-state index in [1.54, 1.807) is 6.07 Å². The molecule has 0 bridgehead atoms. The van der Waals surface area contributed by atoms with Crippen LogP contribution in [0.25, 0.3) is 0 Å². The molecule has 0 saturated carbocycles. The van der Waals surface area contributed by atoms with Gasteiger partial charge in [0.15, 0.2) is 5.79 Å². The zero-order valence-corrected chi connectivity index (χ0v) is 16.1. The van der Waals surface area contributed by atoms with E-state index in [1.807, 2.05) is 41.3 Å². The van der Waals surface area contributed by atoms with Crippen LogP contribution in [0.15, 0.2) is 52.3 Å². The molecule has 5 rings (SSSR count). The first-order chi connectivity index (χ1) is 13.6. The topological polar surface area (TPSA) is 67.9 Å². The van der Waals surface area contributed by atoms with Gasteiger partial charge in [-0.25, -0.2) is 0 Å². The Morgan fingerprint density at radius 1 is 1.04 bits per heavy atom. The highest BCUT2D eigenvalue weighted by Gasteiger charge is 2.41. The lowest BCUT2D eigenvalue weighted by molar-refractivity contribution is -0.181. The predicted molar refractivity (Wildman–Crippen MR) is 105 cm³/mol. The summed E-state index contributed by atoms with van der Waals surface area (Å²) >= 11 is 1.53. The third-order valence-corrected chi connectivity index (χ3v) is 6.60. The molecular weight excluding hydrogens is 376 g/mol. The van der Waals surface area contributed by atoms with E-state index in [0.717, 1.165) is 9.79 Å². The molecule has 0 atom stereocenters. The molecule has 144 valence electrons. The third-order valence-electron chi connectivity index (χ3n) is 5.45. The van der Waals surface area contributed by atoms with Gasteiger partial charge < -0.3 is 19.7 Å². The Morgan fingerprint density at radius 3 is 2.57 bits per heavy atom. The molecule has 3 aliphatic rings. The summed E-state index contributed by atoms with van der Waals surface area (Å²) in [4.78, 5) is 29.2. The molecule has 0 aliphatic carbocycles. The number of hydrogen-bond acceptors (Lipinski definition) is 5. The minimum absolute atomic E-state index is 0.0309. The first kappa shape index (κ1) is 17.7. The largest absolute Gasteiger partial charge is 0.347 e. The summed E-state index contributed by atoms with van der Waals surface area (Å²) < 4.78 is 11.5. The van der Waals surface area contributed by atoms with Gasteiger partial charge in [0.1, 0.15) is 0 Å². The fraction of sp³-hybridized carbons (Fsp3) is 0.333. The molecule has 0 radical (unpaired) electrons. The average Bonchev–Trinajstić information content (AvgIpc) is 3.11. The smallest absolute Gasteiger partial charge is 0.256 e. The first-order valence-corrected chi connectivity index (χ1v) is 10.2. The van der Waals surface area contributed by atoms with Gasteiger partial charge in [-0.2, -0.15) is 0 Å². The Morgan fingerprint density at radius 2 is 1.79 bits per heavy atom. The van der Waals surface area contributed by atoms with E-state index >= 15 is 0 Å². The minimum Gasteiger partial charge on any atom is -0.347 e. The molecule has 6 nitrogen and oxygen atoms in total. The van der Waals surface area contributed by atoms with Crippen molar-refractivity contribution in [3.63, 3.8) is 0 Å². The van der Waals surface area contributed by atoms with Gasteiger partial charge in [-0.3, -0.25) is 9.59 Å². The Labute approximate surface area is 167 Å². The summed E-state index contributed by atoms with van der Waals surface area (Å²) in [5.74, 6) is -0.681. The van der Waals surface area contributed by atoms with Crippen LogP contribution in [0.5, 0.6) is 0 Å². The number of anilines is 1. The molecule has 7 heteroatoms. The number of benzene rings is 2. The van der Waals surface area contributed by atoms with E-state index in [9.17, 15) is 9.59 Å². The van der Waals surface area contributed by atoms with Crippen LogP contribution in [0.3, 0.4) is 0 Å². The number of nitrogens with zero attached hydrogens (tertiary/aromatic N) is 1. The van der Waals surface area contributed by atoms with Crippen molar-refractivity contribution >= 4 is 29.3 Å². The van der Waals surface area contributed by atoms with E-state index in [0.29, 0.717) is 56.0 Å². The number of likely N-dealkylation sites (tertiary alicyclic amines) is 1. The normalized spacial score (nSPS) is 20.3. The van der Waals surface area contributed by atoms with Gasteiger partial charge in [0.2, 0.25) is 0 Å². The van der Waals surface area contributed by atoms with E-state index in [2.05, 4.69) is 5.32 Å². The Balaban J connectivity index is 1.36. The lowest BCUT2D eigenvalue weighted by Crippen LogP contribution is -2.47. The molecule has 28 heavy (non-hydrogen) atoms. The number of fused-ring (bicyclic) bond motifs is 2. The van der Waals surface area contributed by atoms with Gasteiger partial charge in [0.25, 0.3) is 11.8 Å². The lowest BCUT2D eigenvalue weighted by Gasteiger charge is -2.37. The predicted octanol–water partition coefficient (Wildman–Crippen LogP) is 3.38. The highest BCUT2D eigenvalue weighted by Crippen LogP contribution is 2.39. The third kappa shape index (κ3) is 3.09. The van der Waals surface area contributed by atoms with Crippen molar-refractivity contribution in [3.8, 4) is 0 Å². The number of hydrogen-bond donors (Lipinski definition) is 1. The molecule has 2 saturated heterocycles. The maximum absolute atomic E-state index is 13.0.